The molecular formula is C28H19N. The highest BCUT2D eigenvalue weighted by Crippen LogP contribution is 2.42. The van der Waals surface area contributed by atoms with Crippen molar-refractivity contribution in [3.8, 4) is 0 Å². The molecule has 1 heteroatoms. The predicted octanol–water partition coefficient (Wildman–Crippen LogP) is 7.76. The monoisotopic (exact) mass is 369 g/mol. The second kappa shape index (κ2) is 5.07. The van der Waals surface area contributed by atoms with E-state index < -0.39 is 0 Å². The smallest absolute Gasteiger partial charge is 0.0623 e. The maximum Gasteiger partial charge on any atom is 0.0623 e. The fourth-order valence-corrected chi connectivity index (χ4v) is 5.27. The number of aromatic nitrogens is 1. The molecule has 2 aromatic heterocycles. The van der Waals surface area contributed by atoms with E-state index in [9.17, 15) is 0 Å². The first-order chi connectivity index (χ1) is 14.2. The molecule has 0 unspecified atom stereocenters. The zero-order valence-electron chi connectivity index (χ0n) is 16.5. The molecular weight excluding hydrogens is 350 g/mol. The van der Waals surface area contributed by atoms with Gasteiger partial charge in [-0.1, -0.05) is 60.2 Å². The maximum atomic E-state index is 2.50. The molecule has 29 heavy (non-hydrogen) atoms. The number of hydrogen-bond donors (Lipinski definition) is 0. The molecule has 7 rings (SSSR count). The summed E-state index contributed by atoms with van der Waals surface area (Å²) >= 11 is 0. The van der Waals surface area contributed by atoms with Crippen LogP contribution in [0.15, 0.2) is 78.9 Å². The largest absolute Gasteiger partial charge is 0.308 e. The molecule has 0 N–H and O–H groups in total. The summed E-state index contributed by atoms with van der Waals surface area (Å²) in [7, 11) is 0. The van der Waals surface area contributed by atoms with Crippen molar-refractivity contribution in [2.45, 2.75) is 13.8 Å². The van der Waals surface area contributed by atoms with Crippen molar-refractivity contribution in [1.29, 1.82) is 0 Å². The Morgan fingerprint density at radius 1 is 0.552 bits per heavy atom. The molecule has 7 aromatic rings. The number of rotatable bonds is 0. The summed E-state index contributed by atoms with van der Waals surface area (Å²) in [6.07, 6.45) is 0. The molecule has 136 valence electrons. The van der Waals surface area contributed by atoms with E-state index >= 15 is 0 Å². The highest BCUT2D eigenvalue weighted by molar-refractivity contribution is 6.26. The van der Waals surface area contributed by atoms with E-state index in [2.05, 4.69) is 97.1 Å². The summed E-state index contributed by atoms with van der Waals surface area (Å²) < 4.78 is 2.50. The lowest BCUT2D eigenvalue weighted by molar-refractivity contribution is 1.37. The van der Waals surface area contributed by atoms with Gasteiger partial charge in [-0.3, -0.25) is 0 Å². The van der Waals surface area contributed by atoms with E-state index in [1.165, 1.54) is 70.8 Å². The lowest BCUT2D eigenvalue weighted by Gasteiger charge is -2.04. The Morgan fingerprint density at radius 3 is 2.10 bits per heavy atom. The van der Waals surface area contributed by atoms with Gasteiger partial charge in [0, 0.05) is 21.5 Å². The molecule has 0 atom stereocenters. The van der Waals surface area contributed by atoms with Gasteiger partial charge in [0.05, 0.1) is 16.6 Å². The van der Waals surface area contributed by atoms with Crippen molar-refractivity contribution in [2.75, 3.05) is 0 Å². The minimum atomic E-state index is 1.29. The van der Waals surface area contributed by atoms with E-state index in [-0.39, 0.29) is 0 Å². The normalized spacial score (nSPS) is 12.5. The molecule has 0 aliphatic rings. The molecule has 1 nitrogen and oxygen atoms in total. The molecule has 0 aliphatic carbocycles. The van der Waals surface area contributed by atoms with Gasteiger partial charge in [-0.05, 0) is 65.2 Å². The van der Waals surface area contributed by atoms with Crippen molar-refractivity contribution in [3.63, 3.8) is 0 Å². The Hall–Kier alpha value is -3.58. The molecule has 0 saturated heterocycles. The first-order valence-corrected chi connectivity index (χ1v) is 10.2. The van der Waals surface area contributed by atoms with Crippen LogP contribution in [0.3, 0.4) is 0 Å². The summed E-state index contributed by atoms with van der Waals surface area (Å²) in [5.41, 5.74) is 6.62. The van der Waals surface area contributed by atoms with Crippen molar-refractivity contribution < 1.29 is 0 Å². The fraction of sp³-hybridized carbons (Fsp3) is 0.0714. The second-order valence-corrected chi connectivity index (χ2v) is 8.43. The number of benzene rings is 5. The standard InChI is InChI=1S/C28H19N/c1-16-7-9-20-12-23-22-10-8-17(2)27-24-13-18-5-3-4-6-19(18)14-26(24)29(28(22)27)25(23)15-21(20)11-16/h3-15H,1-2H3. The van der Waals surface area contributed by atoms with Crippen LogP contribution in [-0.4, -0.2) is 4.40 Å². The average Bonchev–Trinajstić information content (AvgIpc) is 3.22. The van der Waals surface area contributed by atoms with Gasteiger partial charge in [0.1, 0.15) is 0 Å². The fourth-order valence-electron chi connectivity index (χ4n) is 5.27. The Bertz CT molecular complexity index is 1760. The van der Waals surface area contributed by atoms with E-state index in [0.717, 1.165) is 0 Å². The number of hydrogen-bond acceptors (Lipinski definition) is 0. The van der Waals surface area contributed by atoms with E-state index in [1.54, 1.807) is 0 Å². The summed E-state index contributed by atoms with van der Waals surface area (Å²) in [4.78, 5) is 0. The molecule has 0 saturated carbocycles. The van der Waals surface area contributed by atoms with Crippen LogP contribution in [0.2, 0.25) is 0 Å². The Morgan fingerprint density at radius 2 is 1.24 bits per heavy atom. The summed E-state index contributed by atoms with van der Waals surface area (Å²) in [6, 6.07) is 29.5. The summed E-state index contributed by atoms with van der Waals surface area (Å²) in [6.45, 7) is 4.40. The molecule has 0 amide bonds. The average molecular weight is 369 g/mol. The first-order valence-electron chi connectivity index (χ1n) is 10.2. The zero-order valence-corrected chi connectivity index (χ0v) is 16.5. The highest BCUT2D eigenvalue weighted by Gasteiger charge is 2.19. The summed E-state index contributed by atoms with van der Waals surface area (Å²) in [5.74, 6) is 0. The van der Waals surface area contributed by atoms with Gasteiger partial charge >= 0.3 is 0 Å². The minimum absolute atomic E-state index is 1.29. The predicted molar refractivity (Wildman–Crippen MR) is 126 cm³/mol. The van der Waals surface area contributed by atoms with Crippen LogP contribution < -0.4 is 0 Å². The van der Waals surface area contributed by atoms with Crippen LogP contribution in [0.25, 0.3) is 59.6 Å². The zero-order chi connectivity index (χ0) is 19.3. The molecule has 0 bridgehead atoms. The number of fused-ring (bicyclic) bond motifs is 8. The van der Waals surface area contributed by atoms with Gasteiger partial charge in [-0.15, -0.1) is 0 Å². The third kappa shape index (κ3) is 1.85. The van der Waals surface area contributed by atoms with E-state index in [0.29, 0.717) is 0 Å². The minimum Gasteiger partial charge on any atom is -0.308 e. The summed E-state index contributed by atoms with van der Waals surface area (Å²) in [5, 5.41) is 10.7. The Kier molecular flexibility index (Phi) is 2.68. The molecule has 0 spiro atoms. The SMILES string of the molecule is Cc1ccc2cc3c4ccc(C)c5c6cc7ccccc7cc6n(c3cc2c1)c45. The number of nitrogens with zero attached hydrogens (tertiary/aromatic N) is 1. The van der Waals surface area contributed by atoms with Crippen LogP contribution in [-0.2, 0) is 0 Å². The van der Waals surface area contributed by atoms with E-state index in [1.807, 2.05) is 0 Å². The van der Waals surface area contributed by atoms with Crippen molar-refractivity contribution >= 4 is 59.6 Å². The third-order valence-corrected chi connectivity index (χ3v) is 6.63. The van der Waals surface area contributed by atoms with Crippen molar-refractivity contribution in [3.05, 3.63) is 90.0 Å². The lowest BCUT2D eigenvalue weighted by Crippen LogP contribution is -1.83. The van der Waals surface area contributed by atoms with Crippen LogP contribution in [0.1, 0.15) is 11.1 Å². The van der Waals surface area contributed by atoms with Crippen LogP contribution in [0.5, 0.6) is 0 Å². The maximum absolute atomic E-state index is 2.50. The Balaban J connectivity index is 1.82. The first kappa shape index (κ1) is 15.4. The van der Waals surface area contributed by atoms with Gasteiger partial charge in [-0.2, -0.15) is 0 Å². The van der Waals surface area contributed by atoms with Gasteiger partial charge in [0.2, 0.25) is 0 Å². The Labute approximate surface area is 168 Å². The molecule has 5 aromatic carbocycles. The van der Waals surface area contributed by atoms with Gasteiger partial charge in [-0.25, -0.2) is 0 Å². The van der Waals surface area contributed by atoms with Gasteiger partial charge in [0.25, 0.3) is 0 Å². The molecule has 0 aliphatic heterocycles. The van der Waals surface area contributed by atoms with Crippen molar-refractivity contribution in [1.82, 2.24) is 4.40 Å². The van der Waals surface area contributed by atoms with Crippen molar-refractivity contribution in [2.24, 2.45) is 0 Å². The highest BCUT2D eigenvalue weighted by atomic mass is 14.9. The quantitative estimate of drug-likeness (QED) is 0.257. The van der Waals surface area contributed by atoms with Crippen LogP contribution >= 0.6 is 0 Å². The van der Waals surface area contributed by atoms with Crippen LogP contribution in [0.4, 0.5) is 0 Å². The van der Waals surface area contributed by atoms with Crippen LogP contribution in [0, 0.1) is 13.8 Å². The molecule has 0 fully saturated rings. The third-order valence-electron chi connectivity index (χ3n) is 6.63. The molecule has 0 radical (unpaired) electrons. The van der Waals surface area contributed by atoms with Gasteiger partial charge in [0.15, 0.2) is 0 Å². The number of aryl methyl sites for hydroxylation is 2. The lowest BCUT2D eigenvalue weighted by atomic mass is 10.00. The van der Waals surface area contributed by atoms with Gasteiger partial charge < -0.3 is 4.40 Å². The second-order valence-electron chi connectivity index (χ2n) is 8.43. The molecule has 2 heterocycles. The van der Waals surface area contributed by atoms with E-state index in [4.69, 9.17) is 0 Å². The topological polar surface area (TPSA) is 4.41 Å².